The van der Waals surface area contributed by atoms with Crippen molar-refractivity contribution in [2.75, 3.05) is 5.32 Å². The van der Waals surface area contributed by atoms with Gasteiger partial charge in [0.25, 0.3) is 5.91 Å². The number of carbonyl (C=O) groups excluding carboxylic acids is 1. The van der Waals surface area contributed by atoms with Gasteiger partial charge < -0.3 is 14.7 Å². The molecule has 4 rings (SSSR count). The molecule has 2 heterocycles. The van der Waals surface area contributed by atoms with E-state index < -0.39 is 15.7 Å². The molecule has 0 aliphatic heterocycles. The molecule has 0 saturated heterocycles. The number of aromatic amines is 1. The molecular formula is C20H16N2O4S. The number of sulfone groups is 1. The molecule has 6 nitrogen and oxygen atoms in total. The van der Waals surface area contributed by atoms with Crippen LogP contribution in [0.3, 0.4) is 0 Å². The molecule has 0 saturated carbocycles. The topological polar surface area (TPSA) is 92.2 Å². The predicted molar refractivity (Wildman–Crippen MR) is 102 cm³/mol. The Hall–Kier alpha value is -3.32. The molecule has 136 valence electrons. The Morgan fingerprint density at radius 3 is 2.59 bits per heavy atom. The molecule has 2 N–H and O–H groups in total. The Morgan fingerprint density at radius 2 is 1.78 bits per heavy atom. The van der Waals surface area contributed by atoms with Crippen LogP contribution in [-0.2, 0) is 15.6 Å². The van der Waals surface area contributed by atoms with Gasteiger partial charge in [0.15, 0.2) is 15.6 Å². The van der Waals surface area contributed by atoms with Crippen LogP contribution in [0.15, 0.2) is 82.2 Å². The lowest BCUT2D eigenvalue weighted by molar-refractivity contribution is 0.0995. The van der Waals surface area contributed by atoms with Gasteiger partial charge in [0, 0.05) is 17.1 Å². The van der Waals surface area contributed by atoms with Crippen LogP contribution in [0.5, 0.6) is 0 Å². The number of fused-ring (bicyclic) bond motifs is 1. The number of nitrogens with one attached hydrogen (secondary N) is 2. The van der Waals surface area contributed by atoms with E-state index in [9.17, 15) is 13.2 Å². The number of amides is 1. The summed E-state index contributed by atoms with van der Waals surface area (Å²) in [5, 5.41) is 3.67. The molecule has 2 aromatic carbocycles. The summed E-state index contributed by atoms with van der Waals surface area (Å²) >= 11 is 0. The Morgan fingerprint density at radius 1 is 0.963 bits per heavy atom. The van der Waals surface area contributed by atoms with Crippen LogP contribution in [-0.4, -0.2) is 19.3 Å². The van der Waals surface area contributed by atoms with E-state index in [1.807, 2.05) is 18.2 Å². The number of rotatable bonds is 5. The summed E-state index contributed by atoms with van der Waals surface area (Å²) in [6, 6.07) is 18.5. The highest BCUT2D eigenvalue weighted by molar-refractivity contribution is 7.90. The largest absolute Gasteiger partial charge is 0.455 e. The molecule has 0 aliphatic rings. The maximum absolute atomic E-state index is 12.5. The monoisotopic (exact) mass is 380 g/mol. The highest BCUT2D eigenvalue weighted by Crippen LogP contribution is 2.23. The fourth-order valence-electron chi connectivity index (χ4n) is 2.85. The maximum Gasteiger partial charge on any atom is 0.291 e. The molecule has 0 unspecified atom stereocenters. The van der Waals surface area contributed by atoms with E-state index in [1.165, 1.54) is 24.3 Å². The van der Waals surface area contributed by atoms with Gasteiger partial charge in [-0.2, -0.15) is 0 Å². The van der Waals surface area contributed by atoms with Gasteiger partial charge in [0.1, 0.15) is 11.5 Å². The van der Waals surface area contributed by atoms with Crippen molar-refractivity contribution >= 4 is 32.3 Å². The first-order chi connectivity index (χ1) is 13.0. The van der Waals surface area contributed by atoms with Gasteiger partial charge in [0.2, 0.25) is 0 Å². The second-order valence-corrected chi connectivity index (χ2v) is 8.03. The van der Waals surface area contributed by atoms with Crippen LogP contribution in [0.4, 0.5) is 5.69 Å². The van der Waals surface area contributed by atoms with Crippen molar-refractivity contribution in [3.05, 3.63) is 84.4 Å². The summed E-state index contributed by atoms with van der Waals surface area (Å²) in [5.41, 5.74) is 1.55. The molecule has 2 aromatic heterocycles. The Balaban J connectivity index is 1.52. The first-order valence-corrected chi connectivity index (χ1v) is 9.92. The molecule has 27 heavy (non-hydrogen) atoms. The Kier molecular flexibility index (Phi) is 4.29. The summed E-state index contributed by atoms with van der Waals surface area (Å²) < 4.78 is 30.3. The van der Waals surface area contributed by atoms with Crippen molar-refractivity contribution in [1.82, 2.24) is 4.98 Å². The molecular weight excluding hydrogens is 364 g/mol. The highest BCUT2D eigenvalue weighted by Gasteiger charge is 2.19. The zero-order valence-electron chi connectivity index (χ0n) is 14.2. The normalized spacial score (nSPS) is 11.6. The van der Waals surface area contributed by atoms with Crippen molar-refractivity contribution in [3.8, 4) is 0 Å². The van der Waals surface area contributed by atoms with Crippen LogP contribution in [0, 0.1) is 0 Å². The fourth-order valence-corrected chi connectivity index (χ4v) is 4.12. The summed E-state index contributed by atoms with van der Waals surface area (Å²) in [6.07, 6.45) is 1.79. The van der Waals surface area contributed by atoms with Gasteiger partial charge in [-0.15, -0.1) is 0 Å². The minimum atomic E-state index is -3.54. The average molecular weight is 380 g/mol. The minimum Gasteiger partial charge on any atom is -0.455 e. The SMILES string of the molecule is O=C(Nc1cccc2[nH]ccc12)c1ccc(CS(=O)(=O)c2ccccc2)o1. The fraction of sp³-hybridized carbons (Fsp3) is 0.0500. The smallest absolute Gasteiger partial charge is 0.291 e. The minimum absolute atomic E-state index is 0.0563. The number of carbonyl (C=O) groups is 1. The molecule has 0 spiro atoms. The quantitative estimate of drug-likeness (QED) is 0.548. The summed E-state index contributed by atoms with van der Waals surface area (Å²) in [6.45, 7) is 0. The van der Waals surface area contributed by atoms with Crippen LogP contribution in [0.25, 0.3) is 10.9 Å². The first-order valence-electron chi connectivity index (χ1n) is 8.27. The third-order valence-electron chi connectivity index (χ3n) is 4.16. The van der Waals surface area contributed by atoms with E-state index >= 15 is 0 Å². The van der Waals surface area contributed by atoms with Crippen LogP contribution >= 0.6 is 0 Å². The maximum atomic E-state index is 12.5. The molecule has 0 fully saturated rings. The first kappa shape index (κ1) is 17.1. The van der Waals surface area contributed by atoms with Gasteiger partial charge >= 0.3 is 0 Å². The predicted octanol–water partition coefficient (Wildman–Crippen LogP) is 3.99. The summed E-state index contributed by atoms with van der Waals surface area (Å²) in [5.74, 6) is -0.478. The number of hydrogen-bond acceptors (Lipinski definition) is 4. The summed E-state index contributed by atoms with van der Waals surface area (Å²) in [4.78, 5) is 15.8. The lowest BCUT2D eigenvalue weighted by Crippen LogP contribution is -2.11. The van der Waals surface area contributed by atoms with Crippen molar-refractivity contribution < 1.29 is 17.6 Å². The van der Waals surface area contributed by atoms with Crippen LogP contribution in [0.2, 0.25) is 0 Å². The molecule has 0 aliphatic carbocycles. The lowest BCUT2D eigenvalue weighted by Gasteiger charge is -2.05. The molecule has 1 amide bonds. The van der Waals surface area contributed by atoms with Crippen molar-refractivity contribution in [2.24, 2.45) is 0 Å². The third-order valence-corrected chi connectivity index (χ3v) is 5.82. The molecule has 0 radical (unpaired) electrons. The number of H-pyrrole nitrogens is 1. The number of furan rings is 1. The highest BCUT2D eigenvalue weighted by atomic mass is 32.2. The van der Waals surface area contributed by atoms with Gasteiger partial charge in [0.05, 0.1) is 10.6 Å². The van der Waals surface area contributed by atoms with Crippen LogP contribution in [0.1, 0.15) is 16.3 Å². The van der Waals surface area contributed by atoms with Crippen molar-refractivity contribution in [1.29, 1.82) is 0 Å². The second kappa shape index (κ2) is 6.77. The zero-order chi connectivity index (χ0) is 18.9. The molecule has 0 atom stereocenters. The van der Waals surface area contributed by atoms with Gasteiger partial charge in [-0.1, -0.05) is 24.3 Å². The van der Waals surface area contributed by atoms with E-state index in [1.54, 1.807) is 30.5 Å². The average Bonchev–Trinajstić information content (AvgIpc) is 3.32. The second-order valence-electron chi connectivity index (χ2n) is 6.04. The summed E-state index contributed by atoms with van der Waals surface area (Å²) in [7, 11) is -3.54. The number of aromatic nitrogens is 1. The number of benzene rings is 2. The van der Waals surface area contributed by atoms with E-state index in [0.717, 1.165) is 10.9 Å². The zero-order valence-corrected chi connectivity index (χ0v) is 15.0. The van der Waals surface area contributed by atoms with Crippen molar-refractivity contribution in [2.45, 2.75) is 10.6 Å². The van der Waals surface area contributed by atoms with Crippen LogP contribution < -0.4 is 5.32 Å². The van der Waals surface area contributed by atoms with E-state index in [-0.39, 0.29) is 22.2 Å². The molecule has 7 heteroatoms. The molecule has 4 aromatic rings. The van der Waals surface area contributed by atoms with Crippen molar-refractivity contribution in [3.63, 3.8) is 0 Å². The molecule has 0 bridgehead atoms. The lowest BCUT2D eigenvalue weighted by atomic mass is 10.2. The van der Waals surface area contributed by atoms with E-state index in [0.29, 0.717) is 5.69 Å². The van der Waals surface area contributed by atoms with E-state index in [2.05, 4.69) is 10.3 Å². The number of anilines is 1. The third kappa shape index (κ3) is 3.50. The van der Waals surface area contributed by atoms with Gasteiger partial charge in [-0.05, 0) is 42.5 Å². The van der Waals surface area contributed by atoms with Gasteiger partial charge in [-0.25, -0.2) is 8.42 Å². The number of hydrogen-bond donors (Lipinski definition) is 2. The van der Waals surface area contributed by atoms with Gasteiger partial charge in [-0.3, -0.25) is 4.79 Å². The standard InChI is InChI=1S/C20H16N2O4S/c23-20(22-18-8-4-7-17-16(18)11-12-21-17)19-10-9-14(26-19)13-27(24,25)15-5-2-1-3-6-15/h1-12,21H,13H2,(H,22,23). The Bertz CT molecular complexity index is 1210. The van der Waals surface area contributed by atoms with E-state index in [4.69, 9.17) is 4.42 Å². The Labute approximate surface area is 155 Å².